The maximum atomic E-state index is 13.1. The molecule has 1 aromatic carbocycles. The van der Waals surface area contributed by atoms with Crippen LogP contribution in [0.1, 0.15) is 41.9 Å². The lowest BCUT2D eigenvalue weighted by atomic mass is 9.77. The lowest BCUT2D eigenvalue weighted by Crippen LogP contribution is -2.41. The SMILES string of the molecule is COc1ccc(OC)c(NC(=O)c2sc(=S)n3c2NC(=O)C2CC(C)CCC23)c1. The van der Waals surface area contributed by atoms with Crippen LogP contribution in [0.15, 0.2) is 18.2 Å². The van der Waals surface area contributed by atoms with Gasteiger partial charge < -0.3 is 24.7 Å². The Morgan fingerprint density at radius 2 is 2.10 bits per heavy atom. The van der Waals surface area contributed by atoms with Crippen molar-refractivity contribution in [3.8, 4) is 11.5 Å². The minimum Gasteiger partial charge on any atom is -0.497 e. The number of anilines is 2. The summed E-state index contributed by atoms with van der Waals surface area (Å²) in [5.41, 5.74) is 0.487. The molecule has 1 fully saturated rings. The standard InChI is InChI=1S/C20H23N3O4S2/c1-10-4-6-14-12(8-10)18(24)22-17-16(29-20(28)23(14)17)19(25)21-13-9-11(26-2)5-7-15(13)27-3/h5,7,9-10,12,14H,4,6,8H2,1-3H3,(H,21,25)(H,22,24). The molecule has 2 N–H and O–H groups in total. The van der Waals surface area contributed by atoms with Crippen molar-refractivity contribution in [3.63, 3.8) is 0 Å². The zero-order valence-corrected chi connectivity index (χ0v) is 18.1. The molecule has 2 aliphatic rings. The van der Waals surface area contributed by atoms with Gasteiger partial charge in [-0.15, -0.1) is 0 Å². The van der Waals surface area contributed by atoms with Crippen molar-refractivity contribution in [2.75, 3.05) is 24.9 Å². The van der Waals surface area contributed by atoms with Crippen molar-refractivity contribution in [1.29, 1.82) is 0 Å². The predicted octanol–water partition coefficient (Wildman–Crippen LogP) is 4.48. The van der Waals surface area contributed by atoms with Gasteiger partial charge in [0.2, 0.25) is 5.91 Å². The summed E-state index contributed by atoms with van der Waals surface area (Å²) in [6, 6.07) is 5.19. The van der Waals surface area contributed by atoms with E-state index in [-0.39, 0.29) is 23.8 Å². The van der Waals surface area contributed by atoms with Crippen molar-refractivity contribution in [1.82, 2.24) is 4.57 Å². The number of fused-ring (bicyclic) bond motifs is 3. The molecule has 1 aliphatic heterocycles. The van der Waals surface area contributed by atoms with E-state index in [0.717, 1.165) is 19.3 Å². The number of amides is 2. The topological polar surface area (TPSA) is 81.6 Å². The first kappa shape index (κ1) is 19.9. The van der Waals surface area contributed by atoms with E-state index in [2.05, 4.69) is 17.6 Å². The highest BCUT2D eigenvalue weighted by Crippen LogP contribution is 2.45. The molecular formula is C20H23N3O4S2. The number of carbonyl (C=O) groups excluding carboxylic acids is 2. The van der Waals surface area contributed by atoms with Crippen LogP contribution < -0.4 is 20.1 Å². The van der Waals surface area contributed by atoms with Gasteiger partial charge >= 0.3 is 0 Å². The molecule has 3 unspecified atom stereocenters. The number of aromatic nitrogens is 1. The molecule has 154 valence electrons. The third kappa shape index (κ3) is 3.53. The number of nitrogens with one attached hydrogen (secondary N) is 2. The smallest absolute Gasteiger partial charge is 0.269 e. The van der Waals surface area contributed by atoms with Gasteiger partial charge in [-0.25, -0.2) is 0 Å². The Labute approximate surface area is 178 Å². The maximum Gasteiger partial charge on any atom is 0.269 e. The summed E-state index contributed by atoms with van der Waals surface area (Å²) in [6.07, 6.45) is 2.78. The van der Waals surface area contributed by atoms with Gasteiger partial charge in [-0.1, -0.05) is 18.3 Å². The van der Waals surface area contributed by atoms with Gasteiger partial charge in [0.25, 0.3) is 5.91 Å². The summed E-state index contributed by atoms with van der Waals surface area (Å²) in [6.45, 7) is 2.17. The fourth-order valence-electron chi connectivity index (χ4n) is 4.21. The van der Waals surface area contributed by atoms with E-state index >= 15 is 0 Å². The van der Waals surface area contributed by atoms with Gasteiger partial charge in [0, 0.05) is 12.1 Å². The molecular weight excluding hydrogens is 410 g/mol. The fraction of sp³-hybridized carbons (Fsp3) is 0.450. The van der Waals surface area contributed by atoms with Crippen LogP contribution in [-0.4, -0.2) is 30.6 Å². The lowest BCUT2D eigenvalue weighted by Gasteiger charge is -2.39. The second-order valence-electron chi connectivity index (χ2n) is 7.52. The summed E-state index contributed by atoms with van der Waals surface area (Å²) < 4.78 is 13.1. The predicted molar refractivity (Wildman–Crippen MR) is 115 cm³/mol. The number of methoxy groups -OCH3 is 2. The van der Waals surface area contributed by atoms with E-state index in [1.54, 1.807) is 25.3 Å². The molecule has 0 bridgehead atoms. The van der Waals surface area contributed by atoms with Crippen molar-refractivity contribution in [3.05, 3.63) is 27.0 Å². The zero-order chi connectivity index (χ0) is 20.7. The Bertz CT molecular complexity index is 1030. The normalized spacial score (nSPS) is 22.9. The molecule has 0 saturated heterocycles. The molecule has 0 spiro atoms. The van der Waals surface area contributed by atoms with E-state index in [0.29, 0.717) is 37.8 Å². The molecule has 7 nitrogen and oxygen atoms in total. The third-order valence-corrected chi connectivity index (χ3v) is 7.09. The molecule has 9 heteroatoms. The number of nitrogens with zero attached hydrogens (tertiary/aromatic N) is 1. The molecule has 2 heterocycles. The Hall–Kier alpha value is -2.39. The van der Waals surface area contributed by atoms with Crippen LogP contribution in [0.4, 0.5) is 11.5 Å². The first-order valence-corrected chi connectivity index (χ1v) is 10.7. The Balaban J connectivity index is 1.68. The van der Waals surface area contributed by atoms with Crippen molar-refractivity contribution < 1.29 is 19.1 Å². The zero-order valence-electron chi connectivity index (χ0n) is 16.5. The molecule has 29 heavy (non-hydrogen) atoms. The van der Waals surface area contributed by atoms with E-state index in [9.17, 15) is 9.59 Å². The van der Waals surface area contributed by atoms with Crippen LogP contribution >= 0.6 is 23.6 Å². The van der Waals surface area contributed by atoms with Gasteiger partial charge in [-0.3, -0.25) is 9.59 Å². The van der Waals surface area contributed by atoms with Crippen LogP contribution in [0.5, 0.6) is 11.5 Å². The minimum absolute atomic E-state index is 0.0200. The van der Waals surface area contributed by atoms with Crippen LogP contribution in [0.3, 0.4) is 0 Å². The summed E-state index contributed by atoms with van der Waals surface area (Å²) in [5, 5.41) is 5.80. The number of benzene rings is 1. The summed E-state index contributed by atoms with van der Waals surface area (Å²) in [5.74, 6) is 1.66. The fourth-order valence-corrected chi connectivity index (χ4v) is 5.58. The molecule has 2 amide bonds. The second kappa shape index (κ2) is 7.79. The van der Waals surface area contributed by atoms with E-state index in [1.165, 1.54) is 18.4 Å². The third-order valence-electron chi connectivity index (χ3n) is 5.69. The molecule has 0 radical (unpaired) electrons. The van der Waals surface area contributed by atoms with E-state index in [4.69, 9.17) is 21.7 Å². The minimum atomic E-state index is -0.343. The van der Waals surface area contributed by atoms with Gasteiger partial charge in [0.15, 0.2) is 3.95 Å². The van der Waals surface area contributed by atoms with Crippen molar-refractivity contribution >= 4 is 46.9 Å². The molecule has 2 aromatic rings. The largest absolute Gasteiger partial charge is 0.497 e. The number of thiazole rings is 1. The highest BCUT2D eigenvalue weighted by atomic mass is 32.1. The van der Waals surface area contributed by atoms with Crippen molar-refractivity contribution in [2.45, 2.75) is 32.2 Å². The quantitative estimate of drug-likeness (QED) is 0.695. The van der Waals surface area contributed by atoms with Crippen LogP contribution in [0.2, 0.25) is 0 Å². The molecule has 1 saturated carbocycles. The monoisotopic (exact) mass is 433 g/mol. The molecule has 4 rings (SSSR count). The van der Waals surface area contributed by atoms with Gasteiger partial charge in [0.05, 0.1) is 25.8 Å². The maximum absolute atomic E-state index is 13.1. The lowest BCUT2D eigenvalue weighted by molar-refractivity contribution is -0.123. The van der Waals surface area contributed by atoms with E-state index < -0.39 is 0 Å². The highest BCUT2D eigenvalue weighted by Gasteiger charge is 2.41. The number of rotatable bonds is 4. The van der Waals surface area contributed by atoms with Gasteiger partial charge in [-0.2, -0.15) is 0 Å². The Kier molecular flexibility index (Phi) is 5.35. The number of ether oxygens (including phenoxy) is 2. The Morgan fingerprint density at radius 3 is 2.83 bits per heavy atom. The second-order valence-corrected chi connectivity index (χ2v) is 9.16. The summed E-state index contributed by atoms with van der Waals surface area (Å²) in [4.78, 5) is 26.2. The first-order valence-electron chi connectivity index (χ1n) is 9.52. The first-order chi connectivity index (χ1) is 13.9. The molecule has 3 atom stereocenters. The average molecular weight is 434 g/mol. The van der Waals surface area contributed by atoms with Crippen LogP contribution in [0, 0.1) is 15.8 Å². The number of hydrogen-bond donors (Lipinski definition) is 2. The molecule has 1 aromatic heterocycles. The highest BCUT2D eigenvalue weighted by molar-refractivity contribution is 7.73. The van der Waals surface area contributed by atoms with Crippen molar-refractivity contribution in [2.24, 2.45) is 11.8 Å². The van der Waals surface area contributed by atoms with Gasteiger partial charge in [-0.05, 0) is 49.5 Å². The Morgan fingerprint density at radius 1 is 1.31 bits per heavy atom. The molecule has 1 aliphatic carbocycles. The van der Waals surface area contributed by atoms with Gasteiger partial charge in [0.1, 0.15) is 22.2 Å². The number of hydrogen-bond acceptors (Lipinski definition) is 6. The average Bonchev–Trinajstić information content (AvgIpc) is 3.04. The van der Waals surface area contributed by atoms with Crippen LogP contribution in [0.25, 0.3) is 0 Å². The van der Waals surface area contributed by atoms with E-state index in [1.807, 2.05) is 4.57 Å². The summed E-state index contributed by atoms with van der Waals surface area (Å²) >= 11 is 6.79. The number of carbonyl (C=O) groups is 2. The van der Waals surface area contributed by atoms with Crippen LogP contribution in [-0.2, 0) is 4.79 Å². The summed E-state index contributed by atoms with van der Waals surface area (Å²) in [7, 11) is 3.09.